The molecule has 3 aromatic carbocycles. The van der Waals surface area contributed by atoms with E-state index in [1.54, 1.807) is 36.8 Å². The Morgan fingerprint density at radius 1 is 0.402 bits per heavy atom. The fourth-order valence-electron chi connectivity index (χ4n) is 27.5. The third-order valence-corrected chi connectivity index (χ3v) is 33.0. The highest BCUT2D eigenvalue weighted by Crippen LogP contribution is 3.13. The first-order valence-corrected chi connectivity index (χ1v) is 38.0. The van der Waals surface area contributed by atoms with Gasteiger partial charge >= 0.3 is 35.8 Å². The van der Waals surface area contributed by atoms with E-state index in [1.165, 1.54) is 106 Å². The van der Waals surface area contributed by atoms with Gasteiger partial charge in [0, 0.05) is 99.8 Å². The van der Waals surface area contributed by atoms with E-state index in [-0.39, 0.29) is 112 Å². The number of amidine groups is 3. The Bertz CT molecular complexity index is 4940. The van der Waals surface area contributed by atoms with Gasteiger partial charge in [-0.15, -0.1) is 34.0 Å². The van der Waals surface area contributed by atoms with Gasteiger partial charge in [0.25, 0.3) is 0 Å². The van der Waals surface area contributed by atoms with E-state index in [2.05, 4.69) is 30.9 Å². The van der Waals surface area contributed by atoms with Gasteiger partial charge in [-0.2, -0.15) is 0 Å². The third kappa shape index (κ3) is 6.83. The van der Waals surface area contributed by atoms with Crippen molar-refractivity contribution in [2.24, 2.45) is 154 Å². The Kier molecular flexibility index (Phi) is 14.2. The number of hydrogen-bond donors (Lipinski definition) is 4. The highest BCUT2D eigenvalue weighted by molar-refractivity contribution is 7.12. The molecule has 21 nitrogen and oxygen atoms in total. The molecule has 0 radical (unpaired) electrons. The van der Waals surface area contributed by atoms with E-state index in [1.807, 2.05) is 16.1 Å². The summed E-state index contributed by atoms with van der Waals surface area (Å²) in [6.45, 7) is 0. The van der Waals surface area contributed by atoms with Crippen LogP contribution in [-0.2, 0) is 52.5 Å². The lowest BCUT2D eigenvalue weighted by atomic mass is 8.92. The van der Waals surface area contributed by atoms with Crippen LogP contribution in [0.5, 0.6) is 0 Å². The number of nitrogens with zero attached hydrogens (tertiary/aromatic N) is 6. The zero-order valence-electron chi connectivity index (χ0n) is 54.9. The quantitative estimate of drug-likeness (QED) is 0.0549. The average molecular weight is 1570 g/mol. The van der Waals surface area contributed by atoms with Crippen molar-refractivity contribution in [1.82, 2.24) is 30.9 Å². The molecule has 0 amide bonds. The summed E-state index contributed by atoms with van der Waals surface area (Å²) in [6, 6.07) is 10.0. The molecular weight excluding hydrogens is 1500 g/mol. The van der Waals surface area contributed by atoms with Crippen molar-refractivity contribution in [1.29, 1.82) is 0 Å². The highest BCUT2D eigenvalue weighted by atomic mass is 35.5. The van der Waals surface area contributed by atoms with Crippen LogP contribution in [0, 0.1) is 156 Å². The number of aliphatic carboxylic acids is 1. The minimum Gasteiger partial charge on any atom is -0.481 e. The average Bonchev–Trinajstić information content (AvgIpc) is 1.00. The molecule has 3 aliphatic heterocycles. The van der Waals surface area contributed by atoms with Gasteiger partial charge in [0.15, 0.2) is 32.5 Å². The van der Waals surface area contributed by atoms with Crippen LogP contribution < -0.4 is 16.0 Å². The molecule has 18 saturated carbocycles. The van der Waals surface area contributed by atoms with Gasteiger partial charge < -0.3 is 44.7 Å². The number of carboxylic acid groups (broad SMARTS) is 1. The predicted molar refractivity (Wildman–Crippen MR) is 384 cm³/mol. The number of benzene rings is 3. The summed E-state index contributed by atoms with van der Waals surface area (Å²) in [7, 11) is 6.96. The Morgan fingerprint density at radius 2 is 0.654 bits per heavy atom. The number of carbonyl (C=O) groups is 6. The van der Waals surface area contributed by atoms with Crippen LogP contribution in [0.25, 0.3) is 0 Å². The molecule has 18 fully saturated rings. The van der Waals surface area contributed by atoms with Crippen LogP contribution in [0.15, 0.2) is 138 Å². The van der Waals surface area contributed by atoms with Gasteiger partial charge in [-0.3, -0.25) is 29.4 Å². The summed E-state index contributed by atoms with van der Waals surface area (Å²) in [5.74, 6) is 3.20. The number of ether oxygens (including phenoxy) is 5. The third-order valence-electron chi connectivity index (χ3n) is 29.7. The number of nitrogens with one attached hydrogen (secondary N) is 3. The molecule has 6 heterocycles. The van der Waals surface area contributed by atoms with Gasteiger partial charge in [-0.1, -0.05) is 75.3 Å². The van der Waals surface area contributed by atoms with Crippen LogP contribution in [-0.4, -0.2) is 109 Å². The molecule has 107 heavy (non-hydrogen) atoms. The number of hydrogen-bond acceptors (Lipinski definition) is 23. The number of esters is 5. The van der Waals surface area contributed by atoms with Gasteiger partial charge in [0.2, 0.25) is 0 Å². The molecule has 0 saturated heterocycles. The van der Waals surface area contributed by atoms with E-state index in [9.17, 15) is 47.0 Å². The lowest BCUT2D eigenvalue weighted by Gasteiger charge is -3.10. The first-order valence-electron chi connectivity index (χ1n) is 34.2. The predicted octanol–water partition coefficient (Wildman–Crippen LogP) is 11.9. The Labute approximate surface area is 636 Å². The summed E-state index contributed by atoms with van der Waals surface area (Å²) in [6.07, 6.45) is 5.09. The van der Waals surface area contributed by atoms with Gasteiger partial charge in [-0.25, -0.2) is 42.5 Å². The molecule has 3 aromatic heterocycles. The second kappa shape index (κ2) is 22.0. The Hall–Kier alpha value is -8.34. The SMILES string of the molecule is C.C.C.COC(=O)C1=C(C23C4C5C2C2C3C4C52C(=O)O)NC(c2nccs2)=N[C@@H]1c1ccc(F)cc1Cl.COC(=O)C1=C(C23C4C5C2C2C3C4C52C(=O)OC)NC(c2nccs2)=N[C@@H]1c1ccc(F)cc1Cl.COC(=O)C1=C(C23C4C5C2C2C3C4C52C(=O)OC)NC(c2nccs2)=N[C@@H]1c1ccc(F)cc1Cl. The van der Waals surface area contributed by atoms with Crippen molar-refractivity contribution < 1.29 is 70.7 Å². The molecule has 552 valence electrons. The molecule has 27 rings (SSSR count). The van der Waals surface area contributed by atoms with Crippen LogP contribution in [0.2, 0.25) is 15.1 Å². The van der Waals surface area contributed by atoms with E-state index < -0.39 is 64.9 Å². The maximum absolute atomic E-state index is 13.9. The standard InChI is InChI=1S/2C25H19ClFN3O4S.C24H17ClFN3O4S.3CH4/c2*1-33-22(31)11-18(9-4-3-8(27)7-10(9)26)29-20(21-28-5-6-35-21)30-19(11)24-12-15-13(24)17-14(24)16(12)25(15,17)23(32)34-2;1-33-21(30)10-17(8-3-2-7(26)6-9(8)25)28-19(20-27-4-5-34-20)29-18(10)23-11-14-12(23)16-13(23)15(11)24(14,16)22(31)32;;;/h2*3-7,12-18H,1-2H3,(H,29,30);2-6,11-17H,1H3,(H,28,29)(H,31,32);3*1H4/t2*12?,13?,14?,15?,16?,17?,18-,24?,25?;11?,12?,13?,14?,15?,16?,17-,23?,24?;;;/m111.../s1. The molecule has 0 unspecified atom stereocenters. The first kappa shape index (κ1) is 69.1. The number of carbonyl (C=O) groups excluding carboxylic acids is 5. The van der Waals surface area contributed by atoms with Crippen LogP contribution in [0.3, 0.4) is 0 Å². The number of aliphatic imine (C=N–C) groups is 3. The number of rotatable bonds is 15. The Morgan fingerprint density at radius 3 is 0.860 bits per heavy atom. The maximum Gasteiger partial charge on any atom is 0.338 e. The topological polar surface area (TPSA) is 281 Å². The van der Waals surface area contributed by atoms with Crippen molar-refractivity contribution in [2.75, 3.05) is 35.5 Å². The molecule has 4 N–H and O–H groups in total. The normalized spacial score (nSPS) is 41.3. The Balaban J connectivity index is 0.000000108. The van der Waals surface area contributed by atoms with Gasteiger partial charge in [0.05, 0.1) is 68.5 Å². The minimum atomic E-state index is -0.787. The van der Waals surface area contributed by atoms with Crippen LogP contribution in [0.1, 0.15) is 72.1 Å². The van der Waals surface area contributed by atoms with Crippen LogP contribution in [0.4, 0.5) is 13.2 Å². The second-order valence-corrected chi connectivity index (χ2v) is 34.6. The summed E-state index contributed by atoms with van der Waals surface area (Å²) in [5, 5.41) is 28.5. The molecule has 3 atom stereocenters. The number of carboxylic acids is 1. The summed E-state index contributed by atoms with van der Waals surface area (Å²) in [4.78, 5) is 105. The number of allylic oxidation sites excluding steroid dienone is 3. The van der Waals surface area contributed by atoms with Crippen molar-refractivity contribution >= 4 is 122 Å². The van der Waals surface area contributed by atoms with E-state index in [4.69, 9.17) is 73.5 Å². The molecule has 0 bridgehead atoms. The number of aromatic nitrogens is 3. The van der Waals surface area contributed by atoms with Crippen molar-refractivity contribution in [2.45, 2.75) is 40.4 Å². The fourth-order valence-corrected chi connectivity index (χ4v) is 30.1. The van der Waals surface area contributed by atoms with Crippen molar-refractivity contribution in [3.05, 3.63) is 187 Å². The largest absolute Gasteiger partial charge is 0.481 e. The zero-order valence-corrected chi connectivity index (χ0v) is 59.6. The molecule has 18 aliphatic carbocycles. The van der Waals surface area contributed by atoms with Gasteiger partial charge in [-0.05, 0) is 143 Å². The monoisotopic (exact) mass is 1570 g/mol. The molecule has 6 aromatic rings. The molecule has 0 spiro atoms. The van der Waals surface area contributed by atoms with Crippen molar-refractivity contribution in [3.63, 3.8) is 0 Å². The first-order chi connectivity index (χ1) is 50.3. The number of methoxy groups -OCH3 is 5. The summed E-state index contributed by atoms with van der Waals surface area (Å²) < 4.78 is 67.6. The zero-order chi connectivity index (χ0) is 71.3. The number of halogens is 6. The lowest BCUT2D eigenvalue weighted by molar-refractivity contribution is -0.633. The molecular formula is C77H67Cl3F3N9O12S3. The molecule has 30 heteroatoms. The van der Waals surface area contributed by atoms with E-state index >= 15 is 0 Å². The van der Waals surface area contributed by atoms with Crippen molar-refractivity contribution in [3.8, 4) is 0 Å². The highest BCUT2D eigenvalue weighted by Gasteiger charge is 3.15. The summed E-state index contributed by atoms with van der Waals surface area (Å²) >= 11 is 23.7. The molecule has 21 aliphatic rings. The summed E-state index contributed by atoms with van der Waals surface area (Å²) in [5.41, 5.74) is 3.44. The minimum absolute atomic E-state index is 0. The van der Waals surface area contributed by atoms with Gasteiger partial charge in [0.1, 0.15) is 35.6 Å². The van der Waals surface area contributed by atoms with E-state index in [0.717, 1.165) is 17.1 Å². The smallest absolute Gasteiger partial charge is 0.338 e. The fraction of sp³-hybridized carbons (Fsp3) is 0.455. The second-order valence-electron chi connectivity index (χ2n) is 30.7. The lowest BCUT2D eigenvalue weighted by Crippen LogP contribution is -3.11. The maximum atomic E-state index is 13.9. The van der Waals surface area contributed by atoms with Crippen LogP contribution >= 0.6 is 68.8 Å². The van der Waals surface area contributed by atoms with E-state index in [0.29, 0.717) is 137 Å². The number of thiazole rings is 3.